The normalized spacial score (nSPS) is 10.1. The quantitative estimate of drug-likeness (QED) is 0.742. The summed E-state index contributed by atoms with van der Waals surface area (Å²) in [6, 6.07) is 6.08. The van der Waals surface area contributed by atoms with Crippen molar-refractivity contribution in [2.75, 3.05) is 0 Å². The molecule has 0 spiro atoms. The van der Waals surface area contributed by atoms with Gasteiger partial charge in [0.15, 0.2) is 5.78 Å². The van der Waals surface area contributed by atoms with Gasteiger partial charge in [-0.25, -0.2) is 0 Å². The third-order valence-electron chi connectivity index (χ3n) is 2.20. The molecule has 0 aliphatic rings. The fourth-order valence-electron chi connectivity index (χ4n) is 1.37. The lowest BCUT2D eigenvalue weighted by molar-refractivity contribution is -0.0504. The first-order valence-electron chi connectivity index (χ1n) is 5.06. The van der Waals surface area contributed by atoms with Crippen molar-refractivity contribution in [3.8, 4) is 11.8 Å². The number of ketones is 1. The van der Waals surface area contributed by atoms with Crippen LogP contribution in [0.4, 0.5) is 8.78 Å². The van der Waals surface area contributed by atoms with Crippen LogP contribution in [0.5, 0.6) is 5.75 Å². The van der Waals surface area contributed by atoms with Gasteiger partial charge in [0.05, 0.1) is 12.5 Å². The Bertz CT molecular complexity index is 452. The molecule has 0 bridgehead atoms. The van der Waals surface area contributed by atoms with E-state index in [1.807, 2.05) is 6.07 Å². The minimum atomic E-state index is -2.97. The van der Waals surface area contributed by atoms with Crippen LogP contribution in [0.15, 0.2) is 18.2 Å². The number of carbonyl (C=O) groups is 1. The number of alkyl halides is 2. The van der Waals surface area contributed by atoms with Gasteiger partial charge in [0.2, 0.25) is 0 Å². The van der Waals surface area contributed by atoms with E-state index in [4.69, 9.17) is 5.26 Å². The third-order valence-corrected chi connectivity index (χ3v) is 2.20. The molecule has 1 aromatic carbocycles. The SMILES string of the molecule is CCC(=O)c1ccc(CC#N)c(OC(F)F)c1. The minimum Gasteiger partial charge on any atom is -0.434 e. The fourth-order valence-corrected chi connectivity index (χ4v) is 1.37. The van der Waals surface area contributed by atoms with Crippen LogP contribution in [-0.2, 0) is 6.42 Å². The molecule has 0 saturated heterocycles. The molecule has 0 saturated carbocycles. The van der Waals surface area contributed by atoms with Gasteiger partial charge in [-0.05, 0) is 6.07 Å². The smallest absolute Gasteiger partial charge is 0.387 e. The van der Waals surface area contributed by atoms with E-state index in [0.29, 0.717) is 11.1 Å². The van der Waals surface area contributed by atoms with Gasteiger partial charge < -0.3 is 4.74 Å². The zero-order valence-electron chi connectivity index (χ0n) is 9.24. The molecule has 0 amide bonds. The predicted molar refractivity (Wildman–Crippen MR) is 57.0 cm³/mol. The van der Waals surface area contributed by atoms with Gasteiger partial charge in [0.1, 0.15) is 5.75 Å². The van der Waals surface area contributed by atoms with Gasteiger partial charge >= 0.3 is 6.61 Å². The standard InChI is InChI=1S/C12H11F2NO2/c1-2-10(16)9-4-3-8(5-6-15)11(7-9)17-12(13)14/h3-4,7,12H,2,5H2,1H3. The largest absolute Gasteiger partial charge is 0.434 e. The molecule has 0 aliphatic carbocycles. The number of halogens is 2. The molecule has 90 valence electrons. The van der Waals surface area contributed by atoms with Crippen LogP contribution >= 0.6 is 0 Å². The second-order valence-electron chi connectivity index (χ2n) is 3.31. The summed E-state index contributed by atoms with van der Waals surface area (Å²) in [7, 11) is 0. The number of ether oxygens (including phenoxy) is 1. The fraction of sp³-hybridized carbons (Fsp3) is 0.333. The van der Waals surface area contributed by atoms with E-state index in [-0.39, 0.29) is 24.4 Å². The molecule has 0 aliphatic heterocycles. The van der Waals surface area contributed by atoms with Gasteiger partial charge in [-0.2, -0.15) is 14.0 Å². The van der Waals surface area contributed by atoms with Gasteiger partial charge in [-0.3, -0.25) is 4.79 Å². The van der Waals surface area contributed by atoms with Gasteiger partial charge in [-0.15, -0.1) is 0 Å². The Morgan fingerprint density at radius 3 is 2.76 bits per heavy atom. The molecular weight excluding hydrogens is 228 g/mol. The second kappa shape index (κ2) is 5.94. The minimum absolute atomic E-state index is 0.0390. The van der Waals surface area contributed by atoms with Crippen molar-refractivity contribution in [1.82, 2.24) is 0 Å². The van der Waals surface area contributed by atoms with E-state index in [9.17, 15) is 13.6 Å². The highest BCUT2D eigenvalue weighted by molar-refractivity contribution is 5.96. The molecule has 0 N–H and O–H groups in total. The maximum absolute atomic E-state index is 12.2. The molecular formula is C12H11F2NO2. The molecule has 5 heteroatoms. The van der Waals surface area contributed by atoms with Gasteiger partial charge in [0.25, 0.3) is 0 Å². The van der Waals surface area contributed by atoms with Crippen molar-refractivity contribution in [3.63, 3.8) is 0 Å². The van der Waals surface area contributed by atoms with Crippen molar-refractivity contribution < 1.29 is 18.3 Å². The van der Waals surface area contributed by atoms with Crippen LogP contribution in [0.3, 0.4) is 0 Å². The number of hydrogen-bond donors (Lipinski definition) is 0. The summed E-state index contributed by atoms with van der Waals surface area (Å²) in [5.41, 5.74) is 0.658. The summed E-state index contributed by atoms with van der Waals surface area (Å²) < 4.78 is 28.6. The summed E-state index contributed by atoms with van der Waals surface area (Å²) in [6.45, 7) is -1.29. The summed E-state index contributed by atoms with van der Waals surface area (Å²) >= 11 is 0. The van der Waals surface area contributed by atoms with Crippen LogP contribution in [0, 0.1) is 11.3 Å². The Kier molecular flexibility index (Phi) is 4.58. The predicted octanol–water partition coefficient (Wildman–Crippen LogP) is 2.95. The van der Waals surface area contributed by atoms with Crippen molar-refractivity contribution >= 4 is 5.78 Å². The molecule has 0 atom stereocenters. The van der Waals surface area contributed by atoms with Crippen LogP contribution in [0.25, 0.3) is 0 Å². The number of benzene rings is 1. The average Bonchev–Trinajstić information content (AvgIpc) is 2.30. The number of Topliss-reactive ketones (excluding diaryl/α,β-unsaturated/α-hetero) is 1. The summed E-state index contributed by atoms with van der Waals surface area (Å²) in [5.74, 6) is -0.270. The first kappa shape index (κ1) is 13.1. The summed E-state index contributed by atoms with van der Waals surface area (Å²) in [6.07, 6.45) is 0.244. The molecule has 1 rings (SSSR count). The van der Waals surface area contributed by atoms with E-state index in [2.05, 4.69) is 4.74 Å². The van der Waals surface area contributed by atoms with Crippen molar-refractivity contribution in [2.45, 2.75) is 26.4 Å². The number of carbonyl (C=O) groups excluding carboxylic acids is 1. The Balaban J connectivity index is 3.10. The second-order valence-corrected chi connectivity index (χ2v) is 3.31. The molecule has 17 heavy (non-hydrogen) atoms. The van der Waals surface area contributed by atoms with Crippen LogP contribution < -0.4 is 4.74 Å². The number of rotatable bonds is 5. The monoisotopic (exact) mass is 239 g/mol. The van der Waals surface area contributed by atoms with Crippen molar-refractivity contribution in [2.24, 2.45) is 0 Å². The molecule has 0 aromatic heterocycles. The number of nitriles is 1. The zero-order chi connectivity index (χ0) is 12.8. The Morgan fingerprint density at radius 1 is 1.53 bits per heavy atom. The van der Waals surface area contributed by atoms with Gasteiger partial charge in [0, 0.05) is 17.5 Å². The van der Waals surface area contributed by atoms with Crippen LogP contribution in [0.2, 0.25) is 0 Å². The maximum atomic E-state index is 12.2. The molecule has 0 unspecified atom stereocenters. The Hall–Kier alpha value is -1.96. The van der Waals surface area contributed by atoms with Gasteiger partial charge in [-0.1, -0.05) is 19.1 Å². The van der Waals surface area contributed by atoms with E-state index >= 15 is 0 Å². The van der Waals surface area contributed by atoms with Crippen molar-refractivity contribution in [1.29, 1.82) is 5.26 Å². The number of nitrogens with zero attached hydrogens (tertiary/aromatic N) is 1. The highest BCUT2D eigenvalue weighted by Gasteiger charge is 2.12. The Labute approximate surface area is 97.6 Å². The van der Waals surface area contributed by atoms with E-state index in [0.717, 1.165) is 0 Å². The molecule has 3 nitrogen and oxygen atoms in total. The summed E-state index contributed by atoms with van der Waals surface area (Å²) in [5, 5.41) is 8.54. The molecule has 0 fully saturated rings. The molecule has 1 aromatic rings. The molecule has 0 heterocycles. The lowest BCUT2D eigenvalue weighted by atomic mass is 10.0. The summed E-state index contributed by atoms with van der Waals surface area (Å²) in [4.78, 5) is 11.4. The topological polar surface area (TPSA) is 50.1 Å². The number of hydrogen-bond acceptors (Lipinski definition) is 3. The average molecular weight is 239 g/mol. The maximum Gasteiger partial charge on any atom is 0.387 e. The first-order valence-corrected chi connectivity index (χ1v) is 5.06. The first-order chi connectivity index (χ1) is 8.08. The van der Waals surface area contributed by atoms with Crippen LogP contribution in [0.1, 0.15) is 29.3 Å². The Morgan fingerprint density at radius 2 is 2.24 bits per heavy atom. The van der Waals surface area contributed by atoms with Crippen LogP contribution in [-0.4, -0.2) is 12.4 Å². The zero-order valence-corrected chi connectivity index (χ0v) is 9.24. The van der Waals surface area contributed by atoms with E-state index in [1.165, 1.54) is 18.2 Å². The van der Waals surface area contributed by atoms with E-state index < -0.39 is 6.61 Å². The van der Waals surface area contributed by atoms with E-state index in [1.54, 1.807) is 6.92 Å². The van der Waals surface area contributed by atoms with Crippen molar-refractivity contribution in [3.05, 3.63) is 29.3 Å². The molecule has 0 radical (unpaired) electrons. The lowest BCUT2D eigenvalue weighted by Gasteiger charge is -2.10. The highest BCUT2D eigenvalue weighted by atomic mass is 19.3. The lowest BCUT2D eigenvalue weighted by Crippen LogP contribution is -2.06. The third kappa shape index (κ3) is 3.52. The highest BCUT2D eigenvalue weighted by Crippen LogP contribution is 2.23.